The van der Waals surface area contributed by atoms with Crippen molar-refractivity contribution in [2.75, 3.05) is 6.54 Å². The standard InChI is InChI=1S/C19H30N2O3/c22-17(23)12-11-14-13-21(16-9-5-2-6-10-16)19(24)18(14)20-15-7-3-1-4-8-15/h15-16,20H,1-13H2,(H,22,23). The van der Waals surface area contributed by atoms with Crippen LogP contribution in [0.25, 0.3) is 0 Å². The Morgan fingerprint density at radius 2 is 1.67 bits per heavy atom. The van der Waals surface area contributed by atoms with Gasteiger partial charge < -0.3 is 15.3 Å². The predicted octanol–water partition coefficient (Wildman–Crippen LogP) is 3.20. The number of aliphatic carboxylic acids is 1. The first-order valence-electron chi connectivity index (χ1n) is 9.66. The van der Waals surface area contributed by atoms with Crippen LogP contribution in [0, 0.1) is 0 Å². The third-order valence-corrected chi connectivity index (χ3v) is 5.80. The van der Waals surface area contributed by atoms with Crippen molar-refractivity contribution >= 4 is 11.9 Å². The Kier molecular flexibility index (Phi) is 5.80. The largest absolute Gasteiger partial charge is 0.481 e. The molecule has 2 aliphatic carbocycles. The molecule has 0 atom stereocenters. The van der Waals surface area contributed by atoms with E-state index >= 15 is 0 Å². The number of carboxylic acid groups (broad SMARTS) is 1. The molecular weight excluding hydrogens is 304 g/mol. The van der Waals surface area contributed by atoms with E-state index in [-0.39, 0.29) is 12.3 Å². The van der Waals surface area contributed by atoms with Gasteiger partial charge in [0.15, 0.2) is 0 Å². The zero-order valence-electron chi connectivity index (χ0n) is 14.6. The topological polar surface area (TPSA) is 69.6 Å². The van der Waals surface area contributed by atoms with E-state index in [2.05, 4.69) is 5.32 Å². The van der Waals surface area contributed by atoms with Gasteiger partial charge in [0.25, 0.3) is 5.91 Å². The lowest BCUT2D eigenvalue weighted by Gasteiger charge is -2.32. The summed E-state index contributed by atoms with van der Waals surface area (Å²) in [5, 5.41) is 12.5. The molecule has 2 N–H and O–H groups in total. The average Bonchev–Trinajstić information content (AvgIpc) is 2.91. The van der Waals surface area contributed by atoms with Gasteiger partial charge in [-0.3, -0.25) is 9.59 Å². The van der Waals surface area contributed by atoms with E-state index in [0.29, 0.717) is 25.0 Å². The maximum Gasteiger partial charge on any atom is 0.303 e. The van der Waals surface area contributed by atoms with Gasteiger partial charge in [-0.15, -0.1) is 0 Å². The van der Waals surface area contributed by atoms with Crippen molar-refractivity contribution in [2.24, 2.45) is 0 Å². The zero-order valence-corrected chi connectivity index (χ0v) is 14.6. The molecule has 2 saturated carbocycles. The van der Waals surface area contributed by atoms with Gasteiger partial charge in [0, 0.05) is 25.0 Å². The Labute approximate surface area is 144 Å². The van der Waals surface area contributed by atoms with Crippen LogP contribution in [-0.2, 0) is 9.59 Å². The summed E-state index contributed by atoms with van der Waals surface area (Å²) in [6.07, 6.45) is 12.4. The molecule has 0 unspecified atom stereocenters. The monoisotopic (exact) mass is 334 g/mol. The lowest BCUT2D eigenvalue weighted by Crippen LogP contribution is -2.42. The molecule has 5 nitrogen and oxygen atoms in total. The molecule has 24 heavy (non-hydrogen) atoms. The molecule has 1 amide bonds. The second-order valence-electron chi connectivity index (χ2n) is 7.58. The van der Waals surface area contributed by atoms with Gasteiger partial charge in [0.1, 0.15) is 5.70 Å². The molecule has 1 aliphatic heterocycles. The summed E-state index contributed by atoms with van der Waals surface area (Å²) >= 11 is 0. The molecule has 5 heteroatoms. The maximum atomic E-state index is 13.0. The summed E-state index contributed by atoms with van der Waals surface area (Å²) in [5.74, 6) is -0.670. The van der Waals surface area contributed by atoms with Crippen LogP contribution in [0.4, 0.5) is 0 Å². The highest BCUT2D eigenvalue weighted by atomic mass is 16.4. The van der Waals surface area contributed by atoms with Gasteiger partial charge in [0.2, 0.25) is 0 Å². The number of hydrogen-bond donors (Lipinski definition) is 2. The number of carbonyl (C=O) groups is 2. The van der Waals surface area contributed by atoms with Crippen LogP contribution in [0.1, 0.15) is 77.0 Å². The smallest absolute Gasteiger partial charge is 0.303 e. The molecule has 3 rings (SSSR count). The Morgan fingerprint density at radius 1 is 1.04 bits per heavy atom. The summed E-state index contributed by atoms with van der Waals surface area (Å²) in [5.41, 5.74) is 1.74. The molecular formula is C19H30N2O3. The number of nitrogens with one attached hydrogen (secondary N) is 1. The van der Waals surface area contributed by atoms with Crippen LogP contribution in [0.3, 0.4) is 0 Å². The van der Waals surface area contributed by atoms with Gasteiger partial charge >= 0.3 is 5.97 Å². The van der Waals surface area contributed by atoms with E-state index in [4.69, 9.17) is 5.11 Å². The Balaban J connectivity index is 1.70. The van der Waals surface area contributed by atoms with E-state index in [1.165, 1.54) is 38.5 Å². The lowest BCUT2D eigenvalue weighted by atomic mass is 9.94. The SMILES string of the molecule is O=C(O)CCC1=C(NC2CCCCC2)C(=O)N(C2CCCCC2)C1. The minimum Gasteiger partial charge on any atom is -0.481 e. The van der Waals surface area contributed by atoms with E-state index in [9.17, 15) is 9.59 Å². The van der Waals surface area contributed by atoms with Crippen molar-refractivity contribution in [3.63, 3.8) is 0 Å². The quantitative estimate of drug-likeness (QED) is 0.782. The molecule has 0 aromatic carbocycles. The van der Waals surface area contributed by atoms with Gasteiger partial charge in [-0.25, -0.2) is 0 Å². The van der Waals surface area contributed by atoms with Crippen molar-refractivity contribution in [1.29, 1.82) is 0 Å². The maximum absolute atomic E-state index is 13.0. The highest BCUT2D eigenvalue weighted by Gasteiger charge is 2.36. The first-order valence-corrected chi connectivity index (χ1v) is 9.66. The molecule has 0 bridgehead atoms. The first kappa shape index (κ1) is 17.3. The van der Waals surface area contributed by atoms with Crippen LogP contribution >= 0.6 is 0 Å². The molecule has 134 valence electrons. The van der Waals surface area contributed by atoms with Crippen LogP contribution in [0.2, 0.25) is 0 Å². The summed E-state index contributed by atoms with van der Waals surface area (Å²) in [6, 6.07) is 0.723. The summed E-state index contributed by atoms with van der Waals surface area (Å²) in [4.78, 5) is 26.0. The van der Waals surface area contributed by atoms with Crippen molar-refractivity contribution in [2.45, 2.75) is 89.1 Å². The molecule has 0 spiro atoms. The van der Waals surface area contributed by atoms with Crippen molar-refractivity contribution in [1.82, 2.24) is 10.2 Å². The molecule has 0 saturated heterocycles. The number of rotatable bonds is 6. The zero-order chi connectivity index (χ0) is 16.9. The molecule has 3 aliphatic rings. The number of amides is 1. The van der Waals surface area contributed by atoms with E-state index in [1.807, 2.05) is 4.90 Å². The lowest BCUT2D eigenvalue weighted by molar-refractivity contribution is -0.137. The Morgan fingerprint density at radius 3 is 2.29 bits per heavy atom. The Hall–Kier alpha value is -1.52. The fraction of sp³-hybridized carbons (Fsp3) is 0.789. The Bertz CT molecular complexity index is 503. The van der Waals surface area contributed by atoms with Gasteiger partial charge in [-0.1, -0.05) is 38.5 Å². The van der Waals surface area contributed by atoms with Crippen LogP contribution in [0.5, 0.6) is 0 Å². The van der Waals surface area contributed by atoms with Crippen molar-refractivity contribution in [3.05, 3.63) is 11.3 Å². The molecule has 0 aromatic heterocycles. The molecule has 0 radical (unpaired) electrons. The van der Waals surface area contributed by atoms with E-state index in [1.54, 1.807) is 0 Å². The number of carbonyl (C=O) groups excluding carboxylic acids is 1. The highest BCUT2D eigenvalue weighted by molar-refractivity contribution is 5.97. The van der Waals surface area contributed by atoms with Gasteiger partial charge in [0.05, 0.1) is 0 Å². The fourth-order valence-electron chi connectivity index (χ4n) is 4.42. The fourth-order valence-corrected chi connectivity index (χ4v) is 4.42. The highest BCUT2D eigenvalue weighted by Crippen LogP contribution is 2.31. The average molecular weight is 334 g/mol. The van der Waals surface area contributed by atoms with Gasteiger partial charge in [-0.2, -0.15) is 0 Å². The van der Waals surface area contributed by atoms with Crippen LogP contribution in [-0.4, -0.2) is 40.5 Å². The van der Waals surface area contributed by atoms with E-state index in [0.717, 1.165) is 37.0 Å². The summed E-state index contributed by atoms with van der Waals surface area (Å²) < 4.78 is 0. The summed E-state index contributed by atoms with van der Waals surface area (Å²) in [7, 11) is 0. The third-order valence-electron chi connectivity index (χ3n) is 5.80. The predicted molar refractivity (Wildman–Crippen MR) is 92.5 cm³/mol. The van der Waals surface area contributed by atoms with Gasteiger partial charge in [-0.05, 0) is 37.7 Å². The summed E-state index contributed by atoms with van der Waals surface area (Å²) in [6.45, 7) is 0.631. The first-order chi connectivity index (χ1) is 11.6. The minimum absolute atomic E-state index is 0.108. The van der Waals surface area contributed by atoms with Crippen LogP contribution in [0.15, 0.2) is 11.3 Å². The van der Waals surface area contributed by atoms with Crippen molar-refractivity contribution < 1.29 is 14.7 Å². The molecule has 0 aromatic rings. The normalized spacial score (nSPS) is 23.8. The third kappa shape index (κ3) is 4.11. The number of nitrogens with zero attached hydrogens (tertiary/aromatic N) is 1. The number of carboxylic acids is 1. The van der Waals surface area contributed by atoms with E-state index < -0.39 is 5.97 Å². The minimum atomic E-state index is -0.789. The van der Waals surface area contributed by atoms with Crippen molar-refractivity contribution in [3.8, 4) is 0 Å². The van der Waals surface area contributed by atoms with Crippen LogP contribution < -0.4 is 5.32 Å². The second-order valence-corrected chi connectivity index (χ2v) is 7.58. The molecule has 1 heterocycles. The second kappa shape index (κ2) is 8.04. The molecule has 2 fully saturated rings. The number of hydrogen-bond acceptors (Lipinski definition) is 3.